The molecule has 0 spiro atoms. The van der Waals surface area contributed by atoms with Crippen molar-refractivity contribution in [3.8, 4) is 0 Å². The number of ether oxygens (including phenoxy) is 1. The summed E-state index contributed by atoms with van der Waals surface area (Å²) < 4.78 is 30.3. The second-order valence-corrected chi connectivity index (χ2v) is 9.28. The van der Waals surface area contributed by atoms with Crippen LogP contribution in [0.5, 0.6) is 0 Å². The van der Waals surface area contributed by atoms with Crippen LogP contribution >= 0.6 is 0 Å². The Morgan fingerprint density at radius 3 is 2.48 bits per heavy atom. The molecule has 0 atom stereocenters. The lowest BCUT2D eigenvalue weighted by molar-refractivity contribution is -0.149. The van der Waals surface area contributed by atoms with E-state index in [9.17, 15) is 18.0 Å². The Labute approximate surface area is 160 Å². The van der Waals surface area contributed by atoms with Crippen LogP contribution in [0.3, 0.4) is 0 Å². The number of carbonyl (C=O) groups excluding carboxylic acids is 2. The number of rotatable bonds is 4. The highest BCUT2D eigenvalue weighted by atomic mass is 32.2. The number of sulfonamides is 1. The maximum atomic E-state index is 12.9. The number of carbonyl (C=O) groups is 2. The van der Waals surface area contributed by atoms with Crippen LogP contribution in [-0.2, 0) is 26.0 Å². The topological polar surface area (TPSA) is 92.8 Å². The van der Waals surface area contributed by atoms with Crippen LogP contribution in [0, 0.1) is 0 Å². The van der Waals surface area contributed by atoms with Gasteiger partial charge in [-0.3, -0.25) is 9.10 Å². The minimum absolute atomic E-state index is 0.332. The molecule has 1 heterocycles. The lowest BCUT2D eigenvalue weighted by Gasteiger charge is -2.35. The third kappa shape index (κ3) is 3.95. The molecule has 1 amide bonds. The van der Waals surface area contributed by atoms with Crippen molar-refractivity contribution in [2.45, 2.75) is 50.5 Å². The molecule has 7 nitrogen and oxygen atoms in total. The van der Waals surface area contributed by atoms with E-state index in [1.165, 1.54) is 17.7 Å². The fraction of sp³-hybridized carbons (Fsp3) is 0.579. The second kappa shape index (κ2) is 7.50. The Hall–Kier alpha value is -2.09. The first-order valence-electron chi connectivity index (χ1n) is 9.28. The molecule has 1 aliphatic carbocycles. The van der Waals surface area contributed by atoms with Gasteiger partial charge in [-0.05, 0) is 49.4 Å². The van der Waals surface area contributed by atoms with Gasteiger partial charge in [0.15, 0.2) is 0 Å². The van der Waals surface area contributed by atoms with E-state index in [-0.39, 0.29) is 5.91 Å². The number of nitrogens with one attached hydrogen (secondary N) is 1. The predicted molar refractivity (Wildman–Crippen MR) is 102 cm³/mol. The standard InChI is InChI=1S/C19H26N2O5S/c1-26-18(23)19(10-4-3-5-11-19)20-17(22)15-8-9-16-14(13-15)7-6-12-21(16)27(2,24)25/h8-9,13H,3-7,10-12H2,1-2H3,(H,20,22). The number of aryl methyl sites for hydroxylation is 1. The highest BCUT2D eigenvalue weighted by Gasteiger charge is 2.42. The molecule has 2 aliphatic rings. The zero-order valence-corrected chi connectivity index (χ0v) is 16.6. The first-order chi connectivity index (χ1) is 12.8. The summed E-state index contributed by atoms with van der Waals surface area (Å²) in [5.41, 5.74) is 0.910. The van der Waals surface area contributed by atoms with Crippen LogP contribution in [0.2, 0.25) is 0 Å². The number of hydrogen-bond donors (Lipinski definition) is 1. The van der Waals surface area contributed by atoms with Gasteiger partial charge >= 0.3 is 5.97 Å². The monoisotopic (exact) mass is 394 g/mol. The predicted octanol–water partition coefficient (Wildman–Crippen LogP) is 2.00. The van der Waals surface area contributed by atoms with Gasteiger partial charge in [-0.1, -0.05) is 19.3 Å². The van der Waals surface area contributed by atoms with E-state index in [0.717, 1.165) is 24.8 Å². The van der Waals surface area contributed by atoms with Crippen LogP contribution in [0.4, 0.5) is 5.69 Å². The summed E-state index contributed by atoms with van der Waals surface area (Å²) in [4.78, 5) is 25.2. The van der Waals surface area contributed by atoms with Crippen LogP contribution in [-0.4, -0.2) is 45.7 Å². The summed E-state index contributed by atoms with van der Waals surface area (Å²) in [5.74, 6) is -0.738. The van der Waals surface area contributed by atoms with Gasteiger partial charge in [-0.15, -0.1) is 0 Å². The van der Waals surface area contributed by atoms with Gasteiger partial charge in [0, 0.05) is 12.1 Å². The van der Waals surface area contributed by atoms with Crippen molar-refractivity contribution in [2.75, 3.05) is 24.2 Å². The molecule has 0 bridgehead atoms. The summed E-state index contributed by atoms with van der Waals surface area (Å²) in [6.07, 6.45) is 6.50. The molecular formula is C19H26N2O5S. The molecule has 0 aromatic heterocycles. The second-order valence-electron chi connectivity index (χ2n) is 7.37. The van der Waals surface area contributed by atoms with Crippen LogP contribution in [0.15, 0.2) is 18.2 Å². The van der Waals surface area contributed by atoms with Crippen molar-refractivity contribution in [1.29, 1.82) is 0 Å². The SMILES string of the molecule is COC(=O)C1(NC(=O)c2ccc3c(c2)CCCN3S(C)(=O)=O)CCCCC1. The molecule has 27 heavy (non-hydrogen) atoms. The lowest BCUT2D eigenvalue weighted by atomic mass is 9.81. The van der Waals surface area contributed by atoms with Gasteiger partial charge in [0.25, 0.3) is 5.91 Å². The lowest BCUT2D eigenvalue weighted by Crippen LogP contribution is -2.56. The van der Waals surface area contributed by atoms with Gasteiger partial charge in [-0.25, -0.2) is 13.2 Å². The summed E-state index contributed by atoms with van der Waals surface area (Å²) in [7, 11) is -2.01. The Bertz CT molecular complexity index is 844. The number of fused-ring (bicyclic) bond motifs is 1. The van der Waals surface area contributed by atoms with Crippen molar-refractivity contribution in [1.82, 2.24) is 5.32 Å². The van der Waals surface area contributed by atoms with E-state index >= 15 is 0 Å². The fourth-order valence-electron chi connectivity index (χ4n) is 4.07. The number of hydrogen-bond acceptors (Lipinski definition) is 5. The van der Waals surface area contributed by atoms with Crippen molar-refractivity contribution in [2.24, 2.45) is 0 Å². The minimum atomic E-state index is -3.35. The van der Waals surface area contributed by atoms with Crippen molar-refractivity contribution in [3.63, 3.8) is 0 Å². The Balaban J connectivity index is 1.86. The number of amides is 1. The molecule has 3 rings (SSSR count). The third-order valence-electron chi connectivity index (χ3n) is 5.45. The van der Waals surface area contributed by atoms with E-state index in [1.54, 1.807) is 18.2 Å². The fourth-order valence-corrected chi connectivity index (χ4v) is 5.06. The number of nitrogens with zero attached hydrogens (tertiary/aromatic N) is 1. The highest BCUT2D eigenvalue weighted by molar-refractivity contribution is 7.92. The van der Waals surface area contributed by atoms with Crippen LogP contribution in [0.1, 0.15) is 54.4 Å². The summed E-state index contributed by atoms with van der Waals surface area (Å²) in [6, 6.07) is 5.03. The van der Waals surface area contributed by atoms with E-state index in [1.807, 2.05) is 0 Å². The largest absolute Gasteiger partial charge is 0.467 e. The van der Waals surface area contributed by atoms with E-state index in [4.69, 9.17) is 4.74 Å². The summed E-state index contributed by atoms with van der Waals surface area (Å²) >= 11 is 0. The Morgan fingerprint density at radius 1 is 1.15 bits per heavy atom. The van der Waals surface area contributed by atoms with E-state index in [2.05, 4.69) is 5.32 Å². The average molecular weight is 394 g/mol. The molecule has 0 radical (unpaired) electrons. The first-order valence-corrected chi connectivity index (χ1v) is 11.1. The number of anilines is 1. The molecule has 1 aromatic rings. The highest BCUT2D eigenvalue weighted by Crippen LogP contribution is 2.32. The molecule has 1 aromatic carbocycles. The molecular weight excluding hydrogens is 368 g/mol. The zero-order chi connectivity index (χ0) is 19.7. The van der Waals surface area contributed by atoms with Gasteiger partial charge in [-0.2, -0.15) is 0 Å². The molecule has 0 saturated heterocycles. The molecule has 148 valence electrons. The normalized spacial score (nSPS) is 19.1. The van der Waals surface area contributed by atoms with Gasteiger partial charge in [0.2, 0.25) is 10.0 Å². The molecule has 1 aliphatic heterocycles. The Kier molecular flexibility index (Phi) is 5.46. The third-order valence-corrected chi connectivity index (χ3v) is 6.63. The van der Waals surface area contributed by atoms with Crippen LogP contribution < -0.4 is 9.62 Å². The molecule has 1 fully saturated rings. The smallest absolute Gasteiger partial charge is 0.331 e. The van der Waals surface area contributed by atoms with Gasteiger partial charge in [0.05, 0.1) is 19.1 Å². The zero-order valence-electron chi connectivity index (χ0n) is 15.8. The molecule has 1 saturated carbocycles. The average Bonchev–Trinajstić information content (AvgIpc) is 2.66. The maximum Gasteiger partial charge on any atom is 0.331 e. The Morgan fingerprint density at radius 2 is 1.85 bits per heavy atom. The minimum Gasteiger partial charge on any atom is -0.467 e. The van der Waals surface area contributed by atoms with Crippen molar-refractivity contribution in [3.05, 3.63) is 29.3 Å². The summed E-state index contributed by atoms with van der Waals surface area (Å²) in [6.45, 7) is 0.447. The van der Waals surface area contributed by atoms with E-state index < -0.39 is 21.5 Å². The van der Waals surface area contributed by atoms with Gasteiger partial charge in [0.1, 0.15) is 5.54 Å². The van der Waals surface area contributed by atoms with Crippen molar-refractivity contribution < 1.29 is 22.7 Å². The summed E-state index contributed by atoms with van der Waals surface area (Å²) in [5, 5.41) is 2.90. The number of methoxy groups -OCH3 is 1. The quantitative estimate of drug-likeness (QED) is 0.789. The molecule has 0 unspecified atom stereocenters. The van der Waals surface area contributed by atoms with Gasteiger partial charge < -0.3 is 10.1 Å². The molecule has 8 heteroatoms. The van der Waals surface area contributed by atoms with Crippen LogP contribution in [0.25, 0.3) is 0 Å². The molecule has 1 N–H and O–H groups in total. The first kappa shape index (κ1) is 19.7. The van der Waals surface area contributed by atoms with Crippen molar-refractivity contribution >= 4 is 27.6 Å². The van der Waals surface area contributed by atoms with E-state index in [0.29, 0.717) is 43.5 Å². The number of benzene rings is 1. The maximum absolute atomic E-state index is 12.9. The number of esters is 1.